The molecule has 0 radical (unpaired) electrons. The Morgan fingerprint density at radius 1 is 1.26 bits per heavy atom. The topological polar surface area (TPSA) is 26.3 Å². The van der Waals surface area contributed by atoms with Crippen molar-refractivity contribution < 1.29 is 9.53 Å². The Hall–Kier alpha value is -1.57. The summed E-state index contributed by atoms with van der Waals surface area (Å²) < 4.78 is 5.38. The normalized spacial score (nSPS) is 15.0. The van der Waals surface area contributed by atoms with Crippen LogP contribution in [0.25, 0.3) is 0 Å². The number of ketones is 1. The Balaban J connectivity index is 2.25. The van der Waals surface area contributed by atoms with Gasteiger partial charge in [-0.2, -0.15) is 0 Å². The van der Waals surface area contributed by atoms with Crippen molar-refractivity contribution >= 4 is 5.78 Å². The molecule has 0 heterocycles. The largest absolute Gasteiger partial charge is 0.496 e. The van der Waals surface area contributed by atoms with Gasteiger partial charge >= 0.3 is 0 Å². The molecule has 1 aliphatic rings. The number of methoxy groups -OCH3 is 1. The van der Waals surface area contributed by atoms with Crippen molar-refractivity contribution in [1.29, 1.82) is 0 Å². The Labute approximate surface area is 115 Å². The van der Waals surface area contributed by atoms with Crippen LogP contribution in [-0.4, -0.2) is 12.9 Å². The maximum atomic E-state index is 12.5. The fraction of sp³-hybridized carbons (Fsp3) is 0.471. The summed E-state index contributed by atoms with van der Waals surface area (Å²) in [6, 6.07) is 3.99. The molecule has 0 unspecified atom stereocenters. The van der Waals surface area contributed by atoms with E-state index in [4.69, 9.17) is 4.74 Å². The number of carbonyl (C=O) groups is 1. The summed E-state index contributed by atoms with van der Waals surface area (Å²) in [6.07, 6.45) is 7.43. The smallest absolute Gasteiger partial charge is 0.170 e. The van der Waals surface area contributed by atoms with Gasteiger partial charge in [0.2, 0.25) is 0 Å². The first-order chi connectivity index (χ1) is 9.11. The first-order valence-electron chi connectivity index (χ1n) is 6.98. The predicted octanol–water partition coefficient (Wildman–Crippen LogP) is 4.39. The van der Waals surface area contributed by atoms with Crippen molar-refractivity contribution in [3.8, 4) is 5.75 Å². The molecule has 0 aromatic heterocycles. The molecule has 0 aliphatic heterocycles. The van der Waals surface area contributed by atoms with Gasteiger partial charge in [0.1, 0.15) is 5.75 Å². The third kappa shape index (κ3) is 3.25. The fourth-order valence-electron chi connectivity index (χ4n) is 2.81. The summed E-state index contributed by atoms with van der Waals surface area (Å²) >= 11 is 0. The van der Waals surface area contributed by atoms with Gasteiger partial charge in [0.25, 0.3) is 0 Å². The number of allylic oxidation sites excluding steroid dienone is 2. The van der Waals surface area contributed by atoms with Crippen LogP contribution >= 0.6 is 0 Å². The standard InChI is InChI=1S/C17H22O2/c1-12-9-13(2)17(16(10-12)19-3)15(18)11-14-7-5-4-6-8-14/h7,9-10H,4-6,8,11H2,1-3H3. The molecular weight excluding hydrogens is 236 g/mol. The molecule has 2 heteroatoms. The highest BCUT2D eigenvalue weighted by atomic mass is 16.5. The third-order valence-electron chi connectivity index (χ3n) is 3.72. The van der Waals surface area contributed by atoms with Crippen molar-refractivity contribution in [1.82, 2.24) is 0 Å². The second-order valence-electron chi connectivity index (χ2n) is 5.37. The van der Waals surface area contributed by atoms with Gasteiger partial charge in [-0.1, -0.05) is 17.7 Å². The Kier molecular flexibility index (Phi) is 4.41. The number of aryl methyl sites for hydroxylation is 2. The lowest BCUT2D eigenvalue weighted by Gasteiger charge is -2.15. The number of benzene rings is 1. The highest BCUT2D eigenvalue weighted by Crippen LogP contribution is 2.28. The zero-order valence-electron chi connectivity index (χ0n) is 12.1. The molecule has 0 saturated heterocycles. The Bertz CT molecular complexity index is 512. The fourth-order valence-corrected chi connectivity index (χ4v) is 2.81. The molecule has 0 amide bonds. The van der Waals surface area contributed by atoms with E-state index in [2.05, 4.69) is 6.08 Å². The predicted molar refractivity (Wildman–Crippen MR) is 78.0 cm³/mol. The number of rotatable bonds is 4. The van der Waals surface area contributed by atoms with Gasteiger partial charge in [-0.25, -0.2) is 0 Å². The number of ether oxygens (including phenoxy) is 1. The summed E-state index contributed by atoms with van der Waals surface area (Å²) in [4.78, 5) is 12.5. The molecule has 0 bridgehead atoms. The van der Waals surface area contributed by atoms with E-state index in [0.29, 0.717) is 12.2 Å². The molecule has 19 heavy (non-hydrogen) atoms. The van der Waals surface area contributed by atoms with Gasteiger partial charge in [0, 0.05) is 6.42 Å². The first-order valence-corrected chi connectivity index (χ1v) is 6.98. The molecule has 0 spiro atoms. The van der Waals surface area contributed by atoms with Gasteiger partial charge in [-0.15, -0.1) is 0 Å². The molecule has 2 nitrogen and oxygen atoms in total. The van der Waals surface area contributed by atoms with Crippen molar-refractivity contribution in [2.24, 2.45) is 0 Å². The van der Waals surface area contributed by atoms with E-state index in [1.807, 2.05) is 26.0 Å². The Morgan fingerprint density at radius 2 is 2.05 bits per heavy atom. The number of hydrogen-bond acceptors (Lipinski definition) is 2. The molecule has 1 aliphatic carbocycles. The lowest BCUT2D eigenvalue weighted by Crippen LogP contribution is -2.07. The van der Waals surface area contributed by atoms with E-state index in [0.717, 1.165) is 29.5 Å². The maximum Gasteiger partial charge on any atom is 0.170 e. The Morgan fingerprint density at radius 3 is 2.68 bits per heavy atom. The molecule has 1 aromatic rings. The molecular formula is C17H22O2. The highest BCUT2D eigenvalue weighted by molar-refractivity contribution is 6.01. The minimum absolute atomic E-state index is 0.183. The van der Waals surface area contributed by atoms with E-state index in [1.54, 1.807) is 7.11 Å². The minimum Gasteiger partial charge on any atom is -0.496 e. The monoisotopic (exact) mass is 258 g/mol. The summed E-state index contributed by atoms with van der Waals surface area (Å²) in [5.74, 6) is 0.890. The third-order valence-corrected chi connectivity index (χ3v) is 3.72. The van der Waals surface area contributed by atoms with Gasteiger partial charge < -0.3 is 4.74 Å². The lowest BCUT2D eigenvalue weighted by atomic mass is 9.91. The summed E-state index contributed by atoms with van der Waals surface area (Å²) in [5.41, 5.74) is 4.18. The summed E-state index contributed by atoms with van der Waals surface area (Å²) in [6.45, 7) is 4.01. The van der Waals surface area contributed by atoms with Crippen LogP contribution in [-0.2, 0) is 0 Å². The number of Topliss-reactive ketones (excluding diaryl/α,β-unsaturated/α-hetero) is 1. The van der Waals surface area contributed by atoms with Crippen LogP contribution in [0.5, 0.6) is 5.75 Å². The first kappa shape index (κ1) is 13.9. The second kappa shape index (κ2) is 6.05. The zero-order valence-corrected chi connectivity index (χ0v) is 12.1. The van der Waals surface area contributed by atoms with Gasteiger partial charge in [-0.05, 0) is 56.7 Å². The van der Waals surface area contributed by atoms with Crippen LogP contribution in [0.2, 0.25) is 0 Å². The SMILES string of the molecule is COc1cc(C)cc(C)c1C(=O)CC1=CCCCC1. The van der Waals surface area contributed by atoms with Crippen molar-refractivity contribution in [2.45, 2.75) is 46.0 Å². The second-order valence-corrected chi connectivity index (χ2v) is 5.37. The van der Waals surface area contributed by atoms with E-state index in [9.17, 15) is 4.79 Å². The molecule has 0 fully saturated rings. The van der Waals surface area contributed by atoms with Gasteiger partial charge in [0.15, 0.2) is 5.78 Å². The van der Waals surface area contributed by atoms with Crippen LogP contribution in [0.1, 0.15) is 53.6 Å². The van der Waals surface area contributed by atoms with Crippen LogP contribution in [0.4, 0.5) is 0 Å². The summed E-state index contributed by atoms with van der Waals surface area (Å²) in [5, 5.41) is 0. The van der Waals surface area contributed by atoms with Crippen LogP contribution in [0.3, 0.4) is 0 Å². The molecule has 102 valence electrons. The van der Waals surface area contributed by atoms with Crippen molar-refractivity contribution in [3.63, 3.8) is 0 Å². The van der Waals surface area contributed by atoms with Crippen molar-refractivity contribution in [2.75, 3.05) is 7.11 Å². The molecule has 0 N–H and O–H groups in total. The number of carbonyl (C=O) groups excluding carboxylic acids is 1. The minimum atomic E-state index is 0.183. The molecule has 1 aromatic carbocycles. The quantitative estimate of drug-likeness (QED) is 0.591. The average Bonchev–Trinajstić information content (AvgIpc) is 2.38. The van der Waals surface area contributed by atoms with E-state index < -0.39 is 0 Å². The van der Waals surface area contributed by atoms with Crippen LogP contribution in [0.15, 0.2) is 23.8 Å². The lowest BCUT2D eigenvalue weighted by molar-refractivity contribution is 0.0988. The van der Waals surface area contributed by atoms with E-state index in [1.165, 1.54) is 18.4 Å². The van der Waals surface area contributed by atoms with Crippen LogP contribution < -0.4 is 4.74 Å². The molecule has 2 rings (SSSR count). The summed E-state index contributed by atoms with van der Waals surface area (Å²) in [7, 11) is 1.63. The maximum absolute atomic E-state index is 12.5. The van der Waals surface area contributed by atoms with E-state index in [-0.39, 0.29) is 5.78 Å². The van der Waals surface area contributed by atoms with Gasteiger partial charge in [0.05, 0.1) is 12.7 Å². The van der Waals surface area contributed by atoms with Crippen molar-refractivity contribution in [3.05, 3.63) is 40.5 Å². The molecule has 0 saturated carbocycles. The van der Waals surface area contributed by atoms with Crippen LogP contribution in [0, 0.1) is 13.8 Å². The zero-order chi connectivity index (χ0) is 13.8. The van der Waals surface area contributed by atoms with E-state index >= 15 is 0 Å². The van der Waals surface area contributed by atoms with Gasteiger partial charge in [-0.3, -0.25) is 4.79 Å². The average molecular weight is 258 g/mol. The highest BCUT2D eigenvalue weighted by Gasteiger charge is 2.17. The molecule has 0 atom stereocenters. The number of hydrogen-bond donors (Lipinski definition) is 0.